The second-order valence-electron chi connectivity index (χ2n) is 8.13. The molecule has 4 N–H and O–H groups in total. The van der Waals surface area contributed by atoms with Gasteiger partial charge in [-0.2, -0.15) is 10.4 Å². The van der Waals surface area contributed by atoms with Crippen molar-refractivity contribution in [1.29, 1.82) is 5.26 Å². The van der Waals surface area contributed by atoms with E-state index in [0.29, 0.717) is 46.9 Å². The molecular formula is C23H23N9O. The van der Waals surface area contributed by atoms with Crippen molar-refractivity contribution >= 4 is 22.7 Å². The topological polar surface area (TPSA) is 151 Å². The molecule has 10 nitrogen and oxygen atoms in total. The van der Waals surface area contributed by atoms with Crippen LogP contribution in [-0.2, 0) is 6.42 Å². The Kier molecular flexibility index (Phi) is 5.32. The Morgan fingerprint density at radius 2 is 2.06 bits per heavy atom. The van der Waals surface area contributed by atoms with Gasteiger partial charge in [-0.1, -0.05) is 6.92 Å². The first-order valence-electron chi connectivity index (χ1n) is 10.9. The Morgan fingerprint density at radius 1 is 1.18 bits per heavy atom. The highest BCUT2D eigenvalue weighted by molar-refractivity contribution is 5.96. The lowest BCUT2D eigenvalue weighted by Crippen LogP contribution is -2.19. The van der Waals surface area contributed by atoms with Crippen molar-refractivity contribution in [3.05, 3.63) is 48.2 Å². The number of nitrogens with one attached hydrogen (secondary N) is 1. The minimum absolute atomic E-state index is 0.157. The second kappa shape index (κ2) is 8.44. The molecule has 0 radical (unpaired) electrons. The van der Waals surface area contributed by atoms with Crippen molar-refractivity contribution in [2.24, 2.45) is 0 Å². The molecule has 33 heavy (non-hydrogen) atoms. The van der Waals surface area contributed by atoms with E-state index in [2.05, 4.69) is 26.5 Å². The van der Waals surface area contributed by atoms with Gasteiger partial charge in [0.15, 0.2) is 11.6 Å². The van der Waals surface area contributed by atoms with Crippen LogP contribution in [-0.4, -0.2) is 47.0 Å². The highest BCUT2D eigenvalue weighted by atomic mass is 16.3. The Hall–Kier alpha value is -4.10. The zero-order valence-corrected chi connectivity index (χ0v) is 18.1. The van der Waals surface area contributed by atoms with Crippen LogP contribution in [0.5, 0.6) is 0 Å². The van der Waals surface area contributed by atoms with Gasteiger partial charge in [0.2, 0.25) is 0 Å². The lowest BCUT2D eigenvalue weighted by molar-refractivity contribution is 0.182. The van der Waals surface area contributed by atoms with E-state index >= 15 is 0 Å². The summed E-state index contributed by atoms with van der Waals surface area (Å²) >= 11 is 0. The number of aromatic nitrogens is 6. The van der Waals surface area contributed by atoms with Crippen LogP contribution in [0, 0.1) is 11.3 Å². The fraction of sp³-hybridized carbons (Fsp3) is 0.304. The van der Waals surface area contributed by atoms with Gasteiger partial charge in [-0.3, -0.25) is 0 Å². The summed E-state index contributed by atoms with van der Waals surface area (Å²) in [7, 11) is 0. The lowest BCUT2D eigenvalue weighted by atomic mass is 10.1. The van der Waals surface area contributed by atoms with E-state index in [1.165, 1.54) is 6.20 Å². The quantitative estimate of drug-likeness (QED) is 0.424. The summed E-state index contributed by atoms with van der Waals surface area (Å²) in [4.78, 5) is 18.3. The largest absolute Gasteiger partial charge is 0.393 e. The summed E-state index contributed by atoms with van der Waals surface area (Å²) in [5.74, 6) is 1.62. The highest BCUT2D eigenvalue weighted by Gasteiger charge is 2.24. The molecule has 0 bridgehead atoms. The molecule has 10 heteroatoms. The maximum Gasteiger partial charge on any atom is 0.153 e. The number of aryl methyl sites for hydroxylation is 1. The van der Waals surface area contributed by atoms with Gasteiger partial charge in [-0.05, 0) is 37.8 Å². The third kappa shape index (κ3) is 3.94. The van der Waals surface area contributed by atoms with E-state index in [1.807, 2.05) is 13.1 Å². The molecule has 4 heterocycles. The van der Waals surface area contributed by atoms with E-state index in [0.717, 1.165) is 29.7 Å². The van der Waals surface area contributed by atoms with Gasteiger partial charge in [0.1, 0.15) is 22.9 Å². The van der Waals surface area contributed by atoms with E-state index in [9.17, 15) is 5.11 Å². The molecule has 0 saturated heterocycles. The number of nitriles is 1. The molecule has 0 amide bonds. The van der Waals surface area contributed by atoms with Crippen LogP contribution in [0.4, 0.5) is 11.6 Å². The average Bonchev–Trinajstić information content (AvgIpc) is 3.48. The molecule has 4 aromatic heterocycles. The maximum absolute atomic E-state index is 9.90. The fourth-order valence-electron chi connectivity index (χ4n) is 4.12. The number of aliphatic hydroxyl groups excluding tert-OH is 1. The normalized spacial score (nSPS) is 17.8. The summed E-state index contributed by atoms with van der Waals surface area (Å²) < 4.78 is 1.63. The summed E-state index contributed by atoms with van der Waals surface area (Å²) in [5, 5.41) is 26.8. The average molecular weight is 441 g/mol. The molecule has 0 unspecified atom stereocenters. The van der Waals surface area contributed by atoms with Gasteiger partial charge in [0, 0.05) is 35.8 Å². The molecule has 5 rings (SSSR count). The molecule has 1 fully saturated rings. The molecule has 166 valence electrons. The van der Waals surface area contributed by atoms with E-state index < -0.39 is 0 Å². The number of hydrogen-bond acceptors (Lipinski definition) is 9. The van der Waals surface area contributed by atoms with Gasteiger partial charge >= 0.3 is 0 Å². The zero-order valence-electron chi connectivity index (χ0n) is 18.1. The first-order valence-corrected chi connectivity index (χ1v) is 10.9. The number of anilines is 2. The molecule has 0 aliphatic heterocycles. The smallest absolute Gasteiger partial charge is 0.153 e. The number of aliphatic hydroxyl groups is 1. The number of nitrogen functional groups attached to an aromatic ring is 1. The molecule has 1 aliphatic rings. The van der Waals surface area contributed by atoms with E-state index in [-0.39, 0.29) is 12.1 Å². The van der Waals surface area contributed by atoms with Crippen molar-refractivity contribution in [3.8, 4) is 23.0 Å². The molecular weight excluding hydrogens is 418 g/mol. The second-order valence-corrected chi connectivity index (χ2v) is 8.13. The predicted octanol–water partition coefficient (Wildman–Crippen LogP) is 2.61. The number of hydrogen-bond donors (Lipinski definition) is 3. The summed E-state index contributed by atoms with van der Waals surface area (Å²) in [6, 6.07) is 5.64. The Morgan fingerprint density at radius 3 is 2.76 bits per heavy atom. The van der Waals surface area contributed by atoms with Crippen LogP contribution in [0.3, 0.4) is 0 Å². The molecule has 0 aromatic carbocycles. The van der Waals surface area contributed by atoms with Crippen LogP contribution >= 0.6 is 0 Å². The molecule has 2 atom stereocenters. The highest BCUT2D eigenvalue weighted by Crippen LogP contribution is 2.32. The van der Waals surface area contributed by atoms with Crippen molar-refractivity contribution < 1.29 is 5.11 Å². The Labute approximate surface area is 190 Å². The predicted molar refractivity (Wildman–Crippen MR) is 123 cm³/mol. The van der Waals surface area contributed by atoms with Crippen LogP contribution in [0.1, 0.15) is 37.4 Å². The van der Waals surface area contributed by atoms with E-state index in [4.69, 9.17) is 21.0 Å². The standard InChI is InChI=1S/C23H23N9O/c1-2-18-23(29-15-4-5-16(33)7-15)31-20-17(11-27-22(25)21(20)30-18)14-10-28-32(12-14)19-6-3-13(8-24)9-26-19/h3,6,9-12,15-16,33H,2,4-5,7H2,1H3,(H2,25,27)(H,29,31)/t15-,16+/m1/s1. The Bertz CT molecular complexity index is 1360. The third-order valence-corrected chi connectivity index (χ3v) is 5.88. The Balaban J connectivity index is 1.57. The van der Waals surface area contributed by atoms with Gasteiger partial charge < -0.3 is 16.2 Å². The molecule has 1 aliphatic carbocycles. The molecule has 0 spiro atoms. The van der Waals surface area contributed by atoms with Gasteiger partial charge in [-0.25, -0.2) is 24.6 Å². The van der Waals surface area contributed by atoms with Gasteiger partial charge in [-0.15, -0.1) is 0 Å². The van der Waals surface area contributed by atoms with Crippen molar-refractivity contribution in [3.63, 3.8) is 0 Å². The number of fused-ring (bicyclic) bond motifs is 1. The monoisotopic (exact) mass is 441 g/mol. The summed E-state index contributed by atoms with van der Waals surface area (Å²) in [6.07, 6.45) is 9.49. The van der Waals surface area contributed by atoms with E-state index in [1.54, 1.807) is 29.2 Å². The summed E-state index contributed by atoms with van der Waals surface area (Å²) in [6.45, 7) is 2.02. The molecule has 4 aromatic rings. The van der Waals surface area contributed by atoms with Crippen molar-refractivity contribution in [2.45, 2.75) is 44.8 Å². The molecule has 1 saturated carbocycles. The minimum Gasteiger partial charge on any atom is -0.393 e. The minimum atomic E-state index is -0.280. The van der Waals surface area contributed by atoms with Crippen LogP contribution in [0.15, 0.2) is 36.9 Å². The van der Waals surface area contributed by atoms with Crippen LogP contribution < -0.4 is 11.1 Å². The fourth-order valence-corrected chi connectivity index (χ4v) is 4.12. The number of rotatable bonds is 5. The van der Waals surface area contributed by atoms with Gasteiger partial charge in [0.25, 0.3) is 0 Å². The number of nitrogens with zero attached hydrogens (tertiary/aromatic N) is 7. The van der Waals surface area contributed by atoms with Crippen molar-refractivity contribution in [1.82, 2.24) is 29.7 Å². The first-order chi connectivity index (χ1) is 16.1. The number of nitrogens with two attached hydrogens (primary N) is 1. The van der Waals surface area contributed by atoms with Crippen molar-refractivity contribution in [2.75, 3.05) is 11.1 Å². The number of pyridine rings is 2. The van der Waals surface area contributed by atoms with Crippen LogP contribution in [0.2, 0.25) is 0 Å². The van der Waals surface area contributed by atoms with Gasteiger partial charge in [0.05, 0.1) is 23.6 Å². The first kappa shape index (κ1) is 20.8. The SMILES string of the molecule is CCc1nc2c(N)ncc(-c3cnn(-c4ccc(C#N)cn4)c3)c2nc1N[C@@H]1CC[C@H](O)C1. The lowest BCUT2D eigenvalue weighted by Gasteiger charge is -2.17. The van der Waals surface area contributed by atoms with Crippen LogP contribution in [0.25, 0.3) is 28.0 Å². The maximum atomic E-state index is 9.90. The summed E-state index contributed by atoms with van der Waals surface area (Å²) in [5.41, 5.74) is 10.2. The zero-order chi connectivity index (χ0) is 22.9. The third-order valence-electron chi connectivity index (χ3n) is 5.88.